The fraction of sp³-hybridized carbons (Fsp3) is 0.294. The number of carbonyl (C=O) groups is 1. The predicted molar refractivity (Wildman–Crippen MR) is 91.5 cm³/mol. The minimum atomic E-state index is -0.556. The molecule has 0 fully saturated rings. The summed E-state index contributed by atoms with van der Waals surface area (Å²) in [5.74, 6) is 0.155. The van der Waals surface area contributed by atoms with Crippen LogP contribution in [0.15, 0.2) is 30.3 Å². The number of carbonyl (C=O) groups excluding carboxylic acids is 1. The average molecular weight is 328 g/mol. The van der Waals surface area contributed by atoms with Gasteiger partial charge in [-0.3, -0.25) is 14.4 Å². The van der Waals surface area contributed by atoms with E-state index in [1.807, 2.05) is 43.4 Å². The summed E-state index contributed by atoms with van der Waals surface area (Å²) in [7, 11) is 0. The standard InChI is InChI=1S/C17H20N4O3/c1-17(2,3)15-16(18-9-13(23)20-24)19-12-8-7-10-5-4-6-11(22)14(10)21(12)15/h4-8,18,22,24H,9H2,1-3H3,(H,20,23). The van der Waals surface area contributed by atoms with Crippen molar-refractivity contribution in [2.45, 2.75) is 26.2 Å². The highest BCUT2D eigenvalue weighted by atomic mass is 16.5. The highest BCUT2D eigenvalue weighted by molar-refractivity contribution is 5.88. The minimum absolute atomic E-state index is 0.104. The predicted octanol–water partition coefficient (Wildman–Crippen LogP) is 2.41. The molecule has 1 amide bonds. The van der Waals surface area contributed by atoms with Gasteiger partial charge < -0.3 is 10.4 Å². The number of aromatic nitrogens is 2. The van der Waals surface area contributed by atoms with Gasteiger partial charge in [-0.1, -0.05) is 32.9 Å². The Bertz CT molecular complexity index is 925. The molecule has 0 atom stereocenters. The molecule has 7 nitrogen and oxygen atoms in total. The Morgan fingerprint density at radius 1 is 1.25 bits per heavy atom. The lowest BCUT2D eigenvalue weighted by atomic mass is 9.91. The summed E-state index contributed by atoms with van der Waals surface area (Å²) in [5, 5.41) is 22.9. The molecule has 0 saturated heterocycles. The molecule has 0 saturated carbocycles. The Balaban J connectivity index is 2.30. The van der Waals surface area contributed by atoms with Gasteiger partial charge >= 0.3 is 0 Å². The van der Waals surface area contributed by atoms with Gasteiger partial charge in [0.1, 0.15) is 17.2 Å². The average Bonchev–Trinajstić information content (AvgIpc) is 2.91. The van der Waals surface area contributed by atoms with Crippen LogP contribution in [0.3, 0.4) is 0 Å². The Kier molecular flexibility index (Phi) is 3.81. The van der Waals surface area contributed by atoms with Crippen LogP contribution in [-0.4, -0.2) is 32.2 Å². The molecule has 0 aliphatic carbocycles. The molecule has 4 N–H and O–H groups in total. The van der Waals surface area contributed by atoms with Gasteiger partial charge in [0.2, 0.25) is 0 Å². The van der Waals surface area contributed by atoms with E-state index in [9.17, 15) is 9.90 Å². The van der Waals surface area contributed by atoms with E-state index >= 15 is 0 Å². The number of hydrogen-bond acceptors (Lipinski definition) is 5. The summed E-state index contributed by atoms with van der Waals surface area (Å²) >= 11 is 0. The largest absolute Gasteiger partial charge is 0.506 e. The van der Waals surface area contributed by atoms with Crippen molar-refractivity contribution in [3.63, 3.8) is 0 Å². The lowest BCUT2D eigenvalue weighted by molar-refractivity contribution is -0.127. The number of benzene rings is 1. The van der Waals surface area contributed by atoms with Crippen molar-refractivity contribution >= 4 is 28.3 Å². The van der Waals surface area contributed by atoms with Crippen LogP contribution in [0.1, 0.15) is 26.5 Å². The Morgan fingerprint density at radius 2 is 2.00 bits per heavy atom. The van der Waals surface area contributed by atoms with Crippen LogP contribution in [0.5, 0.6) is 5.75 Å². The van der Waals surface area contributed by atoms with Gasteiger partial charge in [-0.25, -0.2) is 10.5 Å². The van der Waals surface area contributed by atoms with Gasteiger partial charge in [-0.05, 0) is 18.2 Å². The van der Waals surface area contributed by atoms with Crippen LogP contribution in [0.2, 0.25) is 0 Å². The second-order valence-corrected chi connectivity index (χ2v) is 6.69. The molecule has 0 bridgehead atoms. The summed E-state index contributed by atoms with van der Waals surface area (Å²) in [6.07, 6.45) is 0. The Labute approximate surface area is 138 Å². The number of amides is 1. The number of aromatic hydroxyl groups is 1. The number of nitrogens with zero attached hydrogens (tertiary/aromatic N) is 2. The number of imidazole rings is 1. The topological polar surface area (TPSA) is 98.9 Å². The van der Waals surface area contributed by atoms with Crippen molar-refractivity contribution < 1.29 is 15.1 Å². The van der Waals surface area contributed by atoms with Crippen LogP contribution in [-0.2, 0) is 10.2 Å². The normalized spacial score (nSPS) is 11.8. The first kappa shape index (κ1) is 16.1. The van der Waals surface area contributed by atoms with E-state index in [1.54, 1.807) is 17.6 Å². The van der Waals surface area contributed by atoms with Crippen LogP contribution in [0.25, 0.3) is 16.6 Å². The molecule has 0 spiro atoms. The molecule has 7 heteroatoms. The van der Waals surface area contributed by atoms with E-state index in [0.29, 0.717) is 17.0 Å². The van der Waals surface area contributed by atoms with Crippen LogP contribution < -0.4 is 10.8 Å². The lowest BCUT2D eigenvalue weighted by Crippen LogP contribution is -2.28. The van der Waals surface area contributed by atoms with Crippen molar-refractivity contribution in [1.29, 1.82) is 0 Å². The van der Waals surface area contributed by atoms with E-state index in [4.69, 9.17) is 5.21 Å². The lowest BCUT2D eigenvalue weighted by Gasteiger charge is -2.21. The summed E-state index contributed by atoms with van der Waals surface area (Å²) < 4.78 is 1.91. The summed E-state index contributed by atoms with van der Waals surface area (Å²) in [5.41, 5.74) is 3.48. The van der Waals surface area contributed by atoms with Crippen LogP contribution >= 0.6 is 0 Å². The van der Waals surface area contributed by atoms with E-state index in [1.165, 1.54) is 0 Å². The van der Waals surface area contributed by atoms with Gasteiger partial charge in [0, 0.05) is 10.8 Å². The number of hydroxylamine groups is 1. The molecule has 126 valence electrons. The third kappa shape index (κ3) is 2.63. The van der Waals surface area contributed by atoms with E-state index in [0.717, 1.165) is 11.1 Å². The van der Waals surface area contributed by atoms with E-state index in [-0.39, 0.29) is 17.7 Å². The molecular weight excluding hydrogens is 308 g/mol. The molecule has 3 aromatic rings. The zero-order valence-electron chi connectivity index (χ0n) is 13.8. The molecule has 2 aromatic heterocycles. The quantitative estimate of drug-likeness (QED) is 0.437. The van der Waals surface area contributed by atoms with Gasteiger partial charge in [0.05, 0.1) is 17.8 Å². The SMILES string of the molecule is CC(C)(C)c1c(NCC(=O)NO)nc2ccc3cccc(O)c3n12. The number of fused-ring (bicyclic) bond motifs is 3. The fourth-order valence-electron chi connectivity index (χ4n) is 2.88. The maximum Gasteiger partial charge on any atom is 0.262 e. The molecule has 0 aliphatic rings. The van der Waals surface area contributed by atoms with E-state index in [2.05, 4.69) is 10.3 Å². The second-order valence-electron chi connectivity index (χ2n) is 6.69. The third-order valence-electron chi connectivity index (χ3n) is 3.84. The van der Waals surface area contributed by atoms with Crippen molar-refractivity contribution in [2.24, 2.45) is 0 Å². The van der Waals surface area contributed by atoms with Crippen LogP contribution in [0, 0.1) is 0 Å². The molecule has 1 aromatic carbocycles. The number of rotatable bonds is 3. The summed E-state index contributed by atoms with van der Waals surface area (Å²) in [4.78, 5) is 15.9. The number of hydrogen-bond donors (Lipinski definition) is 4. The highest BCUT2D eigenvalue weighted by Crippen LogP contribution is 2.35. The molecule has 0 unspecified atom stereocenters. The number of anilines is 1. The molecule has 2 heterocycles. The van der Waals surface area contributed by atoms with Gasteiger partial charge in [-0.15, -0.1) is 0 Å². The molecule has 0 radical (unpaired) electrons. The monoisotopic (exact) mass is 328 g/mol. The zero-order valence-corrected chi connectivity index (χ0v) is 13.8. The molecule has 3 rings (SSSR count). The zero-order chi connectivity index (χ0) is 17.5. The van der Waals surface area contributed by atoms with Gasteiger partial charge in [-0.2, -0.15) is 0 Å². The maximum atomic E-state index is 11.3. The Hall–Kier alpha value is -2.80. The molecular formula is C17H20N4O3. The molecule has 0 aliphatic heterocycles. The van der Waals surface area contributed by atoms with Crippen molar-refractivity contribution in [3.05, 3.63) is 36.0 Å². The molecule has 24 heavy (non-hydrogen) atoms. The first-order valence-corrected chi connectivity index (χ1v) is 7.63. The number of para-hydroxylation sites is 1. The second kappa shape index (κ2) is 5.68. The number of phenols is 1. The van der Waals surface area contributed by atoms with Crippen molar-refractivity contribution in [2.75, 3.05) is 11.9 Å². The number of phenolic OH excluding ortho intramolecular Hbond substituents is 1. The number of nitrogens with one attached hydrogen (secondary N) is 2. The highest BCUT2D eigenvalue weighted by Gasteiger charge is 2.26. The minimum Gasteiger partial charge on any atom is -0.506 e. The first-order valence-electron chi connectivity index (χ1n) is 7.63. The van der Waals surface area contributed by atoms with E-state index < -0.39 is 5.91 Å². The van der Waals surface area contributed by atoms with Gasteiger partial charge in [0.25, 0.3) is 5.91 Å². The van der Waals surface area contributed by atoms with Gasteiger partial charge in [0.15, 0.2) is 0 Å². The first-order chi connectivity index (χ1) is 11.3. The van der Waals surface area contributed by atoms with Crippen molar-refractivity contribution in [3.8, 4) is 5.75 Å². The number of pyridine rings is 1. The maximum absolute atomic E-state index is 11.3. The van der Waals surface area contributed by atoms with Crippen LogP contribution in [0.4, 0.5) is 5.82 Å². The fourth-order valence-corrected chi connectivity index (χ4v) is 2.88. The third-order valence-corrected chi connectivity index (χ3v) is 3.84. The Morgan fingerprint density at radius 3 is 2.67 bits per heavy atom. The summed E-state index contributed by atoms with van der Waals surface area (Å²) in [6, 6.07) is 9.12. The smallest absolute Gasteiger partial charge is 0.262 e. The summed E-state index contributed by atoms with van der Waals surface area (Å²) in [6.45, 7) is 6.00. The van der Waals surface area contributed by atoms with Crippen molar-refractivity contribution in [1.82, 2.24) is 14.9 Å².